The average Bonchev–Trinajstić information content (AvgIpc) is 2.02. The van der Waals surface area contributed by atoms with Gasteiger partial charge >= 0.3 is 0 Å². The number of phenolic OH excluding ortho intramolecular Hbond substituents is 1. The van der Waals surface area contributed by atoms with Crippen molar-refractivity contribution >= 4 is 5.57 Å². The number of aromatic hydroxyl groups is 1. The minimum Gasteiger partial charge on any atom is -0.508 e. The maximum absolute atomic E-state index is 9.25. The Morgan fingerprint density at radius 1 is 1.54 bits per heavy atom. The highest BCUT2D eigenvalue weighted by Gasteiger charge is 2.18. The highest BCUT2D eigenvalue weighted by Crippen LogP contribution is 2.36. The van der Waals surface area contributed by atoms with E-state index in [0.717, 1.165) is 23.3 Å². The molecule has 1 aliphatic heterocycles. The molecule has 0 spiro atoms. The molecule has 68 valence electrons. The summed E-state index contributed by atoms with van der Waals surface area (Å²) in [5.74, 6) is 0.976. The van der Waals surface area contributed by atoms with E-state index >= 15 is 0 Å². The Labute approximate surface area is 77.5 Å². The molecule has 13 heavy (non-hydrogen) atoms. The maximum Gasteiger partial charge on any atom is 0.130 e. The van der Waals surface area contributed by atoms with Gasteiger partial charge in [-0.2, -0.15) is 0 Å². The van der Waals surface area contributed by atoms with E-state index < -0.39 is 0 Å². The molecule has 0 amide bonds. The molecule has 1 aromatic rings. The van der Waals surface area contributed by atoms with E-state index in [1.165, 1.54) is 0 Å². The summed E-state index contributed by atoms with van der Waals surface area (Å²) in [7, 11) is 0. The van der Waals surface area contributed by atoms with Crippen molar-refractivity contribution in [3.05, 3.63) is 30.3 Å². The Morgan fingerprint density at radius 3 is 3.08 bits per heavy atom. The summed E-state index contributed by atoms with van der Waals surface area (Å²) in [5, 5.41) is 9.25. The van der Waals surface area contributed by atoms with Crippen molar-refractivity contribution < 1.29 is 9.84 Å². The Balaban J connectivity index is 2.49. The van der Waals surface area contributed by atoms with Crippen molar-refractivity contribution in [1.29, 1.82) is 0 Å². The lowest BCUT2D eigenvalue weighted by atomic mass is 9.98. The highest BCUT2D eigenvalue weighted by molar-refractivity contribution is 5.71. The Hall–Kier alpha value is -1.44. The van der Waals surface area contributed by atoms with Crippen LogP contribution in [0.5, 0.6) is 11.5 Å². The van der Waals surface area contributed by atoms with Gasteiger partial charge in [0.25, 0.3) is 0 Å². The Morgan fingerprint density at radius 2 is 2.31 bits per heavy atom. The number of hydrogen-bond acceptors (Lipinski definition) is 2. The van der Waals surface area contributed by atoms with Gasteiger partial charge in [0, 0.05) is 18.1 Å². The second-order valence-corrected chi connectivity index (χ2v) is 3.42. The molecule has 2 nitrogen and oxygen atoms in total. The number of benzene rings is 1. The number of ether oxygens (including phenoxy) is 1. The summed E-state index contributed by atoms with van der Waals surface area (Å²) < 4.78 is 5.56. The standard InChI is InChI=1S/C11H12O2/c1-7-5-8(2)13-11-6-9(12)3-4-10(7)11/h3-4,6,8,12H,1,5H2,2H3. The molecule has 0 fully saturated rings. The van der Waals surface area contributed by atoms with Crippen LogP contribution in [-0.2, 0) is 0 Å². The lowest BCUT2D eigenvalue weighted by Crippen LogP contribution is -2.17. The molecule has 0 bridgehead atoms. The van der Waals surface area contributed by atoms with Crippen molar-refractivity contribution in [2.24, 2.45) is 0 Å². The van der Waals surface area contributed by atoms with E-state index in [0.29, 0.717) is 0 Å². The van der Waals surface area contributed by atoms with Crippen molar-refractivity contribution in [3.8, 4) is 11.5 Å². The first-order valence-corrected chi connectivity index (χ1v) is 4.34. The largest absolute Gasteiger partial charge is 0.508 e. The Kier molecular flexibility index (Phi) is 1.76. The van der Waals surface area contributed by atoms with Crippen LogP contribution in [0.15, 0.2) is 24.8 Å². The third-order valence-corrected chi connectivity index (χ3v) is 2.21. The first-order chi connectivity index (χ1) is 6.16. The molecule has 0 aromatic heterocycles. The van der Waals surface area contributed by atoms with E-state index in [-0.39, 0.29) is 11.9 Å². The van der Waals surface area contributed by atoms with Gasteiger partial charge in [-0.1, -0.05) is 6.58 Å². The lowest BCUT2D eigenvalue weighted by Gasteiger charge is -2.24. The predicted octanol–water partition coefficient (Wildman–Crippen LogP) is 2.58. The van der Waals surface area contributed by atoms with Crippen LogP contribution in [-0.4, -0.2) is 11.2 Å². The first-order valence-electron chi connectivity index (χ1n) is 4.34. The molecule has 1 N–H and O–H groups in total. The summed E-state index contributed by atoms with van der Waals surface area (Å²) in [4.78, 5) is 0. The third-order valence-electron chi connectivity index (χ3n) is 2.21. The van der Waals surface area contributed by atoms with Gasteiger partial charge in [0.05, 0.1) is 6.10 Å². The molecule has 1 atom stereocenters. The van der Waals surface area contributed by atoms with E-state index in [1.54, 1.807) is 12.1 Å². The fourth-order valence-electron chi connectivity index (χ4n) is 1.62. The summed E-state index contributed by atoms with van der Waals surface area (Å²) in [6.45, 7) is 5.97. The van der Waals surface area contributed by atoms with E-state index in [4.69, 9.17) is 4.74 Å². The van der Waals surface area contributed by atoms with Crippen LogP contribution in [0.4, 0.5) is 0 Å². The second kappa shape index (κ2) is 2.80. The molecular weight excluding hydrogens is 164 g/mol. The third kappa shape index (κ3) is 1.39. The average molecular weight is 176 g/mol. The van der Waals surface area contributed by atoms with Crippen molar-refractivity contribution in [2.45, 2.75) is 19.4 Å². The van der Waals surface area contributed by atoms with Gasteiger partial charge < -0.3 is 9.84 Å². The summed E-state index contributed by atoms with van der Waals surface area (Å²) in [6, 6.07) is 5.14. The molecule has 0 saturated carbocycles. The quantitative estimate of drug-likeness (QED) is 0.658. The number of hydrogen-bond donors (Lipinski definition) is 1. The van der Waals surface area contributed by atoms with E-state index in [9.17, 15) is 5.11 Å². The molecule has 1 unspecified atom stereocenters. The monoisotopic (exact) mass is 176 g/mol. The van der Waals surface area contributed by atoms with Gasteiger partial charge in [-0.25, -0.2) is 0 Å². The maximum atomic E-state index is 9.25. The molecule has 0 saturated heterocycles. The van der Waals surface area contributed by atoms with Gasteiger partial charge in [-0.3, -0.25) is 0 Å². The van der Waals surface area contributed by atoms with Gasteiger partial charge in [0.1, 0.15) is 11.5 Å². The van der Waals surface area contributed by atoms with Crippen LogP contribution < -0.4 is 4.74 Å². The minimum atomic E-state index is 0.154. The molecule has 2 rings (SSSR count). The zero-order chi connectivity index (χ0) is 9.42. The fourth-order valence-corrected chi connectivity index (χ4v) is 1.62. The van der Waals surface area contributed by atoms with Crippen molar-refractivity contribution in [2.75, 3.05) is 0 Å². The summed E-state index contributed by atoms with van der Waals surface area (Å²) in [5.41, 5.74) is 2.09. The number of fused-ring (bicyclic) bond motifs is 1. The van der Waals surface area contributed by atoms with E-state index in [2.05, 4.69) is 6.58 Å². The fraction of sp³-hybridized carbons (Fsp3) is 0.273. The summed E-state index contributed by atoms with van der Waals surface area (Å²) in [6.07, 6.45) is 1.01. The van der Waals surface area contributed by atoms with Crippen molar-refractivity contribution in [3.63, 3.8) is 0 Å². The van der Waals surface area contributed by atoms with Crippen LogP contribution in [0.3, 0.4) is 0 Å². The zero-order valence-corrected chi connectivity index (χ0v) is 7.58. The van der Waals surface area contributed by atoms with E-state index in [1.807, 2.05) is 13.0 Å². The molecule has 2 heteroatoms. The van der Waals surface area contributed by atoms with Gasteiger partial charge in [-0.15, -0.1) is 0 Å². The van der Waals surface area contributed by atoms with Crippen LogP contribution >= 0.6 is 0 Å². The Bertz CT molecular complexity index is 355. The first kappa shape index (κ1) is 8.17. The van der Waals surface area contributed by atoms with Gasteiger partial charge in [-0.05, 0) is 24.6 Å². The normalized spacial score (nSPS) is 20.7. The topological polar surface area (TPSA) is 29.5 Å². The molecular formula is C11H12O2. The SMILES string of the molecule is C=C1CC(C)Oc2cc(O)ccc21. The van der Waals surface area contributed by atoms with Crippen LogP contribution in [0.25, 0.3) is 5.57 Å². The molecule has 0 aliphatic carbocycles. The van der Waals surface area contributed by atoms with Crippen LogP contribution in [0.2, 0.25) is 0 Å². The van der Waals surface area contributed by atoms with Crippen LogP contribution in [0, 0.1) is 0 Å². The molecule has 0 radical (unpaired) electrons. The smallest absolute Gasteiger partial charge is 0.130 e. The zero-order valence-electron chi connectivity index (χ0n) is 7.58. The highest BCUT2D eigenvalue weighted by atomic mass is 16.5. The van der Waals surface area contributed by atoms with Gasteiger partial charge in [0.15, 0.2) is 0 Å². The molecule has 1 aromatic carbocycles. The molecule has 1 heterocycles. The van der Waals surface area contributed by atoms with Crippen LogP contribution in [0.1, 0.15) is 18.9 Å². The van der Waals surface area contributed by atoms with Gasteiger partial charge in [0.2, 0.25) is 0 Å². The lowest BCUT2D eigenvalue weighted by molar-refractivity contribution is 0.217. The molecule has 1 aliphatic rings. The van der Waals surface area contributed by atoms with Crippen molar-refractivity contribution in [1.82, 2.24) is 0 Å². The number of phenols is 1. The second-order valence-electron chi connectivity index (χ2n) is 3.42. The number of rotatable bonds is 0. The predicted molar refractivity (Wildman–Crippen MR) is 51.8 cm³/mol. The summed E-state index contributed by atoms with van der Waals surface area (Å²) >= 11 is 0. The minimum absolute atomic E-state index is 0.154.